The van der Waals surface area contributed by atoms with Crippen molar-refractivity contribution in [1.82, 2.24) is 0 Å². The Hall–Kier alpha value is -2.62. The summed E-state index contributed by atoms with van der Waals surface area (Å²) in [6.07, 6.45) is 3.47. The van der Waals surface area contributed by atoms with Crippen molar-refractivity contribution < 1.29 is 5.11 Å². The van der Waals surface area contributed by atoms with Crippen molar-refractivity contribution in [2.24, 2.45) is 0 Å². The first-order valence-electron chi connectivity index (χ1n) is 10.4. The van der Waals surface area contributed by atoms with Crippen LogP contribution in [0.15, 0.2) is 127 Å². The zero-order chi connectivity index (χ0) is 20.7. The predicted molar refractivity (Wildman–Crippen MR) is 130 cm³/mol. The van der Waals surface area contributed by atoms with Gasteiger partial charge in [-0.15, -0.1) is 0 Å². The molecule has 1 nitrogen and oxygen atoms in total. The van der Waals surface area contributed by atoms with Gasteiger partial charge in [-0.05, 0) is 0 Å². The van der Waals surface area contributed by atoms with Crippen LogP contribution in [0.2, 0.25) is 4.44 Å². The minimum absolute atomic E-state index is 0.512. The molecule has 0 saturated heterocycles. The third kappa shape index (κ3) is 4.58. The molecule has 1 N–H and O–H groups in total. The first kappa shape index (κ1) is 20.6. The first-order valence-corrected chi connectivity index (χ1v) is 16.7. The van der Waals surface area contributed by atoms with Gasteiger partial charge in [-0.2, -0.15) is 0 Å². The summed E-state index contributed by atoms with van der Waals surface area (Å²) in [6, 6.07) is 42.7. The first-order chi connectivity index (χ1) is 14.8. The van der Waals surface area contributed by atoms with Gasteiger partial charge in [0.05, 0.1) is 0 Å². The van der Waals surface area contributed by atoms with Gasteiger partial charge in [0.1, 0.15) is 0 Å². The van der Waals surface area contributed by atoms with Crippen molar-refractivity contribution in [3.8, 4) is 0 Å². The molecule has 0 radical (unpaired) electrons. The van der Waals surface area contributed by atoms with Crippen LogP contribution >= 0.6 is 0 Å². The molecule has 0 saturated carbocycles. The van der Waals surface area contributed by atoms with E-state index in [1.54, 1.807) is 0 Å². The predicted octanol–water partition coefficient (Wildman–Crippen LogP) is 4.23. The average molecular weight is 497 g/mol. The summed E-state index contributed by atoms with van der Waals surface area (Å²) < 4.78 is 4.92. The van der Waals surface area contributed by atoms with Crippen LogP contribution in [-0.2, 0) is 0 Å². The van der Waals surface area contributed by atoms with Gasteiger partial charge in [-0.25, -0.2) is 0 Å². The second-order valence-electron chi connectivity index (χ2n) is 7.54. The van der Waals surface area contributed by atoms with Gasteiger partial charge in [-0.1, -0.05) is 0 Å². The van der Waals surface area contributed by atoms with Gasteiger partial charge < -0.3 is 0 Å². The number of hydrogen-bond acceptors (Lipinski definition) is 1. The number of benzene rings is 4. The topological polar surface area (TPSA) is 20.2 Å². The van der Waals surface area contributed by atoms with Crippen LogP contribution in [0.25, 0.3) is 6.08 Å². The van der Waals surface area contributed by atoms with Crippen LogP contribution in [0.5, 0.6) is 0 Å². The van der Waals surface area contributed by atoms with Crippen LogP contribution < -0.4 is 10.7 Å². The van der Waals surface area contributed by atoms with Gasteiger partial charge in [0, 0.05) is 0 Å². The molecule has 1 unspecified atom stereocenters. The maximum atomic E-state index is 11.2. The fourth-order valence-electron chi connectivity index (χ4n) is 4.19. The molecule has 4 aromatic carbocycles. The molecule has 148 valence electrons. The molecule has 2 heteroatoms. The molecule has 1 atom stereocenters. The van der Waals surface area contributed by atoms with Gasteiger partial charge in [0.25, 0.3) is 0 Å². The summed E-state index contributed by atoms with van der Waals surface area (Å²) in [5.74, 6) is 0. The van der Waals surface area contributed by atoms with E-state index in [0.717, 1.165) is 10.0 Å². The molecule has 4 rings (SSSR count). The molecule has 0 amide bonds. The molecule has 0 spiro atoms. The Kier molecular flexibility index (Phi) is 6.83. The number of aliphatic hydroxyl groups is 1. The fourth-order valence-corrected chi connectivity index (χ4v) is 17.8. The van der Waals surface area contributed by atoms with Crippen LogP contribution in [0, 0.1) is 0 Å². The van der Waals surface area contributed by atoms with Crippen LogP contribution in [0.3, 0.4) is 0 Å². The van der Waals surface area contributed by atoms with E-state index in [2.05, 4.69) is 103 Å². The monoisotopic (exact) mass is 498 g/mol. The van der Waals surface area contributed by atoms with E-state index in [-0.39, 0.29) is 0 Å². The van der Waals surface area contributed by atoms with Crippen molar-refractivity contribution in [1.29, 1.82) is 0 Å². The Morgan fingerprint density at radius 3 is 1.33 bits per heavy atom. The van der Waals surface area contributed by atoms with Crippen molar-refractivity contribution in [2.75, 3.05) is 0 Å². The Bertz CT molecular complexity index is 964. The minimum atomic E-state index is -3.44. The standard InChI is InChI=1S/C10H11O.3C6H5.Sn/c1-9(11)7-8-10-5-3-2-4-6-10;3*1-2-4-6-5-3-1;/h2-9,11H,1H2;3*1-5H;/b8-7+;;;;. The summed E-state index contributed by atoms with van der Waals surface area (Å²) in [5, 5.41) is 11.2. The van der Waals surface area contributed by atoms with Crippen molar-refractivity contribution in [2.45, 2.75) is 10.5 Å². The van der Waals surface area contributed by atoms with Gasteiger partial charge >= 0.3 is 184 Å². The second-order valence-corrected chi connectivity index (χ2v) is 18.8. The van der Waals surface area contributed by atoms with E-state index in [0.29, 0.717) is 0 Å². The number of aliphatic hydroxyl groups excluding tert-OH is 1. The van der Waals surface area contributed by atoms with Gasteiger partial charge in [0.2, 0.25) is 0 Å². The second kappa shape index (κ2) is 9.92. The number of hydrogen-bond donors (Lipinski definition) is 1. The van der Waals surface area contributed by atoms with Crippen LogP contribution in [0.1, 0.15) is 5.56 Å². The molecule has 0 aliphatic heterocycles. The summed E-state index contributed by atoms with van der Waals surface area (Å²) in [4.78, 5) is 0. The van der Waals surface area contributed by atoms with Gasteiger partial charge in [0.15, 0.2) is 0 Å². The molecule has 0 heterocycles. The molecule has 0 fully saturated rings. The van der Waals surface area contributed by atoms with Crippen molar-refractivity contribution in [3.63, 3.8) is 0 Å². The van der Waals surface area contributed by atoms with E-state index in [1.165, 1.54) is 10.7 Å². The van der Waals surface area contributed by atoms with E-state index in [1.807, 2.05) is 30.4 Å². The molecule has 4 aromatic rings. The zero-order valence-electron chi connectivity index (χ0n) is 16.9. The van der Waals surface area contributed by atoms with Crippen LogP contribution in [-0.4, -0.2) is 29.6 Å². The third-order valence-electron chi connectivity index (χ3n) is 5.63. The van der Waals surface area contributed by atoms with E-state index >= 15 is 0 Å². The van der Waals surface area contributed by atoms with Gasteiger partial charge in [-0.3, -0.25) is 0 Å². The molecule has 0 aliphatic carbocycles. The van der Waals surface area contributed by atoms with E-state index in [9.17, 15) is 5.11 Å². The normalized spacial score (nSPS) is 12.7. The summed E-state index contributed by atoms with van der Waals surface area (Å²) in [6.45, 7) is 0. The number of rotatable bonds is 7. The van der Waals surface area contributed by atoms with E-state index in [4.69, 9.17) is 0 Å². The van der Waals surface area contributed by atoms with Crippen LogP contribution in [0.4, 0.5) is 0 Å². The molecular formula is C28H26OSn. The Balaban J connectivity index is 1.81. The molecule has 0 aliphatic rings. The summed E-state index contributed by atoms with van der Waals surface area (Å²) in [5.41, 5.74) is 1.11. The van der Waals surface area contributed by atoms with Crippen molar-refractivity contribution >= 4 is 35.2 Å². The quantitative estimate of drug-likeness (QED) is 0.379. The summed E-state index contributed by atoms with van der Waals surface area (Å²) in [7, 11) is 0. The zero-order valence-corrected chi connectivity index (χ0v) is 19.8. The Morgan fingerprint density at radius 1 is 0.567 bits per heavy atom. The SMILES string of the molecule is OC(/C=C/c1ccccc1)[CH2][Sn]([c]1ccccc1)([c]1ccccc1)[c]1ccccc1. The Labute approximate surface area is 183 Å². The average Bonchev–Trinajstić information content (AvgIpc) is 2.83. The fraction of sp³-hybridized carbons (Fsp3) is 0.0714. The summed E-state index contributed by atoms with van der Waals surface area (Å²) >= 11 is -3.44. The van der Waals surface area contributed by atoms with E-state index < -0.39 is 24.5 Å². The molecular weight excluding hydrogens is 471 g/mol. The maximum absolute atomic E-state index is 11.2. The molecule has 0 bridgehead atoms. The Morgan fingerprint density at radius 2 is 0.933 bits per heavy atom. The molecule has 0 aromatic heterocycles. The van der Waals surface area contributed by atoms with Crippen molar-refractivity contribution in [3.05, 3.63) is 133 Å². The third-order valence-corrected chi connectivity index (χ3v) is 19.9. The molecule has 30 heavy (non-hydrogen) atoms.